The second-order valence-corrected chi connectivity index (χ2v) is 11.9. The Balaban J connectivity index is 1.30. The molecule has 0 bridgehead atoms. The fourth-order valence-corrected chi connectivity index (χ4v) is 6.63. The highest BCUT2D eigenvalue weighted by molar-refractivity contribution is 6.16. The number of hydrogen-bond acceptors (Lipinski definition) is 4. The van der Waals surface area contributed by atoms with E-state index in [0.717, 1.165) is 11.1 Å². The fourth-order valence-electron chi connectivity index (χ4n) is 6.63. The van der Waals surface area contributed by atoms with Crippen molar-refractivity contribution >= 4 is 43.7 Å². The van der Waals surface area contributed by atoms with Crippen LogP contribution >= 0.6 is 0 Å². The van der Waals surface area contributed by atoms with Crippen LogP contribution in [0.3, 0.4) is 0 Å². The first-order valence-electron chi connectivity index (χ1n) is 19.6. The van der Waals surface area contributed by atoms with Gasteiger partial charge >= 0.3 is 0 Å². The molecule has 0 saturated heterocycles. The largest absolute Gasteiger partial charge is 0.455 e. The van der Waals surface area contributed by atoms with Crippen LogP contribution in [0.2, 0.25) is 0 Å². The number of aromatic nitrogens is 4. The van der Waals surface area contributed by atoms with Crippen LogP contribution in [0.1, 0.15) is 9.60 Å². The number of fused-ring (bicyclic) bond motifs is 6. The summed E-state index contributed by atoms with van der Waals surface area (Å²) in [4.78, 5) is 14.7. The van der Waals surface area contributed by atoms with Gasteiger partial charge in [-0.15, -0.1) is 0 Å². The Morgan fingerprint density at radius 2 is 1.10 bits per heavy atom. The van der Waals surface area contributed by atoms with Gasteiger partial charge in [0.15, 0.2) is 17.5 Å². The van der Waals surface area contributed by atoms with E-state index in [1.165, 1.54) is 0 Å². The van der Waals surface area contributed by atoms with E-state index in [2.05, 4.69) is 0 Å². The third kappa shape index (κ3) is 4.52. The van der Waals surface area contributed by atoms with Gasteiger partial charge in [-0.2, -0.15) is 0 Å². The molecule has 0 radical (unpaired) electrons. The monoisotopic (exact) mass is 647 g/mol. The van der Waals surface area contributed by atoms with Crippen molar-refractivity contribution in [3.05, 3.63) is 170 Å². The number of benzene rings is 7. The lowest BCUT2D eigenvalue weighted by Crippen LogP contribution is -2.00. The highest BCUT2D eigenvalue weighted by Gasteiger charge is 2.21. The fraction of sp³-hybridized carbons (Fsp3) is 0. The van der Waals surface area contributed by atoms with Crippen LogP contribution in [0, 0.1) is 0 Å². The number of hydrogen-bond donors (Lipinski definition) is 0. The van der Waals surface area contributed by atoms with Crippen molar-refractivity contribution < 1.29 is 14.0 Å². The third-order valence-electron chi connectivity index (χ3n) is 8.90. The Kier molecular flexibility index (Phi) is 4.99. The molecule has 0 spiro atoms. The van der Waals surface area contributed by atoms with E-state index >= 15 is 0 Å². The molecule has 0 N–H and O–H groups in total. The molecule has 3 heterocycles. The molecule has 0 saturated carbocycles. The standard InChI is InChI=1S/C45H28N4O/c1-4-14-29(15-5-1)32-26-27-38-36(28-32)33-20-10-11-23-37(33)49(38)39-24-13-25-40-41(39)34-21-12-22-35(42(34)50-40)45-47-43(30-16-6-2-7-17-30)46-44(48-45)31-18-8-3-9-19-31/h1-28H/i10D,11D,20D,23D,26D,27D,28D. The Morgan fingerprint density at radius 3 is 1.82 bits per heavy atom. The van der Waals surface area contributed by atoms with E-state index < -0.39 is 12.1 Å². The quantitative estimate of drug-likeness (QED) is 0.186. The molecule has 234 valence electrons. The van der Waals surface area contributed by atoms with Crippen LogP contribution in [0.25, 0.3) is 94.7 Å². The summed E-state index contributed by atoms with van der Waals surface area (Å²) in [7, 11) is 0. The van der Waals surface area contributed by atoms with E-state index in [-0.39, 0.29) is 57.6 Å². The van der Waals surface area contributed by atoms with Gasteiger partial charge in [0.2, 0.25) is 0 Å². The van der Waals surface area contributed by atoms with Crippen molar-refractivity contribution in [1.29, 1.82) is 0 Å². The Bertz CT molecular complexity index is 3200. The summed E-state index contributed by atoms with van der Waals surface area (Å²) in [5.74, 6) is 1.37. The molecule has 10 rings (SSSR count). The maximum Gasteiger partial charge on any atom is 0.167 e. The summed E-state index contributed by atoms with van der Waals surface area (Å²) in [6.07, 6.45) is 0. The topological polar surface area (TPSA) is 56.7 Å². The Hall–Kier alpha value is -6.85. The highest BCUT2D eigenvalue weighted by Crippen LogP contribution is 2.42. The van der Waals surface area contributed by atoms with Gasteiger partial charge in [0.05, 0.1) is 37.3 Å². The smallest absolute Gasteiger partial charge is 0.167 e. The lowest BCUT2D eigenvalue weighted by molar-refractivity contribution is 0.669. The van der Waals surface area contributed by atoms with Crippen molar-refractivity contribution in [2.75, 3.05) is 0 Å². The summed E-state index contributed by atoms with van der Waals surface area (Å²) in [6.45, 7) is 0. The van der Waals surface area contributed by atoms with Crippen LogP contribution in [0.15, 0.2) is 174 Å². The van der Waals surface area contributed by atoms with Crippen LogP contribution in [0.5, 0.6) is 0 Å². The van der Waals surface area contributed by atoms with Gasteiger partial charge in [-0.1, -0.05) is 133 Å². The number of para-hydroxylation sites is 2. The lowest BCUT2D eigenvalue weighted by atomic mass is 10.0. The second kappa shape index (κ2) is 11.4. The normalized spacial score (nSPS) is 13.6. The van der Waals surface area contributed by atoms with E-state index in [1.54, 1.807) is 41.0 Å². The molecule has 0 aliphatic heterocycles. The van der Waals surface area contributed by atoms with Crippen molar-refractivity contribution in [2.45, 2.75) is 0 Å². The van der Waals surface area contributed by atoms with Crippen LogP contribution in [-0.2, 0) is 0 Å². The minimum absolute atomic E-state index is 0.0955. The SMILES string of the molecule is [2H]c1c([2H])c([2H])c2c(c1[2H])c1c([2H])c(-c3ccccc3)c([2H])c([2H])c1n2-c1cccc2oc3c(-c4nc(-c5ccccc5)nc(-c5ccccc5)n4)cccc3c12. The predicted octanol–water partition coefficient (Wildman–Crippen LogP) is 11.5. The van der Waals surface area contributed by atoms with Gasteiger partial charge in [-0.3, -0.25) is 0 Å². The van der Waals surface area contributed by atoms with Crippen LogP contribution in [-0.4, -0.2) is 19.5 Å². The summed E-state index contributed by atoms with van der Waals surface area (Å²) in [6, 6.07) is 37.2. The first-order chi connectivity index (χ1) is 27.7. The molecule has 5 heteroatoms. The van der Waals surface area contributed by atoms with E-state index in [4.69, 9.17) is 23.5 Å². The van der Waals surface area contributed by atoms with Gasteiger partial charge < -0.3 is 8.98 Å². The summed E-state index contributed by atoms with van der Waals surface area (Å²) in [5.41, 5.74) is 4.63. The van der Waals surface area contributed by atoms with E-state index in [0.29, 0.717) is 56.2 Å². The number of rotatable bonds is 5. The second-order valence-electron chi connectivity index (χ2n) is 11.9. The maximum absolute atomic E-state index is 9.50. The average Bonchev–Trinajstić information content (AvgIpc) is 3.83. The van der Waals surface area contributed by atoms with Gasteiger partial charge in [0.25, 0.3) is 0 Å². The molecule has 7 aromatic carbocycles. The molecule has 0 atom stereocenters. The average molecular weight is 648 g/mol. The van der Waals surface area contributed by atoms with Crippen molar-refractivity contribution in [1.82, 2.24) is 19.5 Å². The zero-order valence-corrected chi connectivity index (χ0v) is 26.3. The molecular weight excluding hydrogens is 613 g/mol. The molecule has 0 amide bonds. The number of furan rings is 1. The lowest BCUT2D eigenvalue weighted by Gasteiger charge is -2.10. The zero-order valence-electron chi connectivity index (χ0n) is 33.3. The molecule has 0 aliphatic carbocycles. The van der Waals surface area contributed by atoms with Crippen molar-refractivity contribution in [2.24, 2.45) is 0 Å². The molecule has 50 heavy (non-hydrogen) atoms. The van der Waals surface area contributed by atoms with Crippen molar-refractivity contribution in [3.8, 4) is 51.0 Å². The van der Waals surface area contributed by atoms with Crippen LogP contribution in [0.4, 0.5) is 0 Å². The van der Waals surface area contributed by atoms with Crippen molar-refractivity contribution in [3.63, 3.8) is 0 Å². The minimum Gasteiger partial charge on any atom is -0.455 e. The highest BCUT2D eigenvalue weighted by atomic mass is 16.3. The Labute approximate surface area is 297 Å². The first-order valence-corrected chi connectivity index (χ1v) is 16.1. The number of nitrogens with zero attached hydrogens (tertiary/aromatic N) is 4. The van der Waals surface area contributed by atoms with Gasteiger partial charge in [-0.25, -0.2) is 15.0 Å². The van der Waals surface area contributed by atoms with E-state index in [9.17, 15) is 5.48 Å². The predicted molar refractivity (Wildman–Crippen MR) is 203 cm³/mol. The Morgan fingerprint density at radius 1 is 0.480 bits per heavy atom. The molecule has 0 aliphatic rings. The van der Waals surface area contributed by atoms with Crippen LogP contribution < -0.4 is 0 Å². The molecular formula is C45H28N4O. The summed E-state index contributed by atoms with van der Waals surface area (Å²) >= 11 is 0. The molecule has 3 aromatic heterocycles. The maximum atomic E-state index is 9.50. The first kappa shape index (κ1) is 21.9. The van der Waals surface area contributed by atoms with E-state index in [1.807, 2.05) is 91.0 Å². The summed E-state index contributed by atoms with van der Waals surface area (Å²) < 4.78 is 72.0. The molecule has 5 nitrogen and oxygen atoms in total. The third-order valence-corrected chi connectivity index (χ3v) is 8.90. The molecule has 0 fully saturated rings. The molecule has 10 aromatic rings. The van der Waals surface area contributed by atoms with Gasteiger partial charge in [-0.05, 0) is 47.5 Å². The zero-order chi connectivity index (χ0) is 39.1. The van der Waals surface area contributed by atoms with Gasteiger partial charge in [0.1, 0.15) is 11.2 Å². The minimum atomic E-state index is -0.451. The van der Waals surface area contributed by atoms with Gasteiger partial charge in [0, 0.05) is 27.3 Å². The molecule has 0 unspecified atom stereocenters. The summed E-state index contributed by atoms with van der Waals surface area (Å²) in [5, 5.41) is 1.53.